The predicted octanol–water partition coefficient (Wildman–Crippen LogP) is 4.05. The number of rotatable bonds is 11. The Labute approximate surface area is 198 Å². The van der Waals surface area contributed by atoms with Gasteiger partial charge in [0, 0.05) is 25.8 Å². The Kier molecular flexibility index (Phi) is 8.81. The second-order valence-electron chi connectivity index (χ2n) is 7.84. The summed E-state index contributed by atoms with van der Waals surface area (Å²) in [5.41, 5.74) is 1.18. The minimum atomic E-state index is -0.349. The maximum absolute atomic E-state index is 13.4. The molecule has 0 atom stereocenters. The minimum absolute atomic E-state index is 0.152. The Morgan fingerprint density at radius 1 is 0.971 bits per heavy atom. The fourth-order valence-electron chi connectivity index (χ4n) is 3.46. The van der Waals surface area contributed by atoms with E-state index in [0.717, 1.165) is 11.3 Å². The quantitative estimate of drug-likeness (QED) is 0.425. The number of methoxy groups -OCH3 is 2. The van der Waals surface area contributed by atoms with Gasteiger partial charge in [-0.15, -0.1) is 0 Å². The summed E-state index contributed by atoms with van der Waals surface area (Å²) >= 11 is 0. The average molecular weight is 469 g/mol. The Bertz CT molecular complexity index is 1100. The molecule has 2 aromatic carbocycles. The Morgan fingerprint density at radius 3 is 2.38 bits per heavy atom. The lowest BCUT2D eigenvalue weighted by atomic mass is 10.1. The van der Waals surface area contributed by atoms with Gasteiger partial charge in [0.15, 0.2) is 0 Å². The molecule has 7 nitrogen and oxygen atoms in total. The summed E-state index contributed by atoms with van der Waals surface area (Å²) in [6.07, 6.45) is 0. The van der Waals surface area contributed by atoms with Crippen LogP contribution in [0.25, 0.3) is 0 Å². The molecule has 1 aromatic heterocycles. The number of ether oxygens (including phenoxy) is 2. The Hall–Kier alpha value is -3.65. The van der Waals surface area contributed by atoms with Gasteiger partial charge in [0.2, 0.25) is 5.91 Å². The molecule has 0 saturated heterocycles. The molecule has 0 aliphatic carbocycles. The highest BCUT2D eigenvalue weighted by molar-refractivity contribution is 5.96. The van der Waals surface area contributed by atoms with Crippen molar-refractivity contribution in [1.82, 2.24) is 9.80 Å². The van der Waals surface area contributed by atoms with Crippen molar-refractivity contribution in [3.05, 3.63) is 89.1 Å². The molecular weight excluding hydrogens is 439 g/mol. The predicted molar refractivity (Wildman–Crippen MR) is 125 cm³/mol. The van der Waals surface area contributed by atoms with Crippen LogP contribution in [0.4, 0.5) is 4.39 Å². The van der Waals surface area contributed by atoms with Crippen LogP contribution in [0, 0.1) is 12.7 Å². The summed E-state index contributed by atoms with van der Waals surface area (Å²) in [4.78, 5) is 29.7. The lowest BCUT2D eigenvalue weighted by Crippen LogP contribution is -2.43. The third-order valence-corrected chi connectivity index (χ3v) is 5.28. The molecule has 0 N–H and O–H groups in total. The second kappa shape index (κ2) is 12.0. The van der Waals surface area contributed by atoms with Gasteiger partial charge in [-0.3, -0.25) is 9.59 Å². The van der Waals surface area contributed by atoms with Crippen LogP contribution in [-0.4, -0.2) is 55.5 Å². The normalized spacial score (nSPS) is 10.7. The van der Waals surface area contributed by atoms with Crippen LogP contribution in [0.15, 0.2) is 65.1 Å². The highest BCUT2D eigenvalue weighted by Gasteiger charge is 2.24. The van der Waals surface area contributed by atoms with Gasteiger partial charge >= 0.3 is 0 Å². The smallest absolute Gasteiger partial charge is 0.254 e. The zero-order valence-corrected chi connectivity index (χ0v) is 19.6. The van der Waals surface area contributed by atoms with Gasteiger partial charge in [0.05, 0.1) is 20.3 Å². The Balaban J connectivity index is 1.81. The monoisotopic (exact) mass is 468 g/mol. The summed E-state index contributed by atoms with van der Waals surface area (Å²) in [5.74, 6) is 0.980. The Morgan fingerprint density at radius 2 is 1.74 bits per heavy atom. The van der Waals surface area contributed by atoms with Gasteiger partial charge in [-0.05, 0) is 55.0 Å². The fourth-order valence-corrected chi connectivity index (χ4v) is 3.46. The van der Waals surface area contributed by atoms with Crippen LogP contribution in [-0.2, 0) is 22.6 Å². The number of halogens is 1. The van der Waals surface area contributed by atoms with Crippen LogP contribution in [0.5, 0.6) is 5.75 Å². The van der Waals surface area contributed by atoms with Crippen LogP contribution in [0.3, 0.4) is 0 Å². The van der Waals surface area contributed by atoms with E-state index in [1.807, 2.05) is 19.1 Å². The summed E-state index contributed by atoms with van der Waals surface area (Å²) in [5, 5.41) is 0. The molecule has 3 rings (SSSR count). The van der Waals surface area contributed by atoms with Crippen LogP contribution in [0.2, 0.25) is 0 Å². The van der Waals surface area contributed by atoms with E-state index in [9.17, 15) is 14.0 Å². The van der Waals surface area contributed by atoms with Gasteiger partial charge in [0.1, 0.15) is 29.6 Å². The fraction of sp³-hybridized carbons (Fsp3) is 0.308. The number of benzene rings is 2. The van der Waals surface area contributed by atoms with E-state index in [1.54, 1.807) is 41.3 Å². The van der Waals surface area contributed by atoms with Gasteiger partial charge in [-0.25, -0.2) is 4.39 Å². The van der Waals surface area contributed by atoms with Crippen LogP contribution in [0.1, 0.15) is 27.4 Å². The summed E-state index contributed by atoms with van der Waals surface area (Å²) in [7, 11) is 3.07. The first-order chi connectivity index (χ1) is 16.4. The first-order valence-electron chi connectivity index (χ1n) is 10.9. The van der Waals surface area contributed by atoms with E-state index < -0.39 is 0 Å². The number of hydrogen-bond donors (Lipinski definition) is 0. The van der Waals surface area contributed by atoms with Crippen LogP contribution >= 0.6 is 0 Å². The number of furan rings is 1. The molecule has 0 unspecified atom stereocenters. The standard InChI is InChI=1S/C26H29FN2O5/c1-19-7-12-24(34-19)17-29(16-20-8-10-22(27)11-9-20)25(30)18-28(13-14-32-2)26(31)21-5-4-6-23(15-21)33-3/h4-12,15H,13-14,16-18H2,1-3H3. The van der Waals surface area contributed by atoms with E-state index in [-0.39, 0.29) is 50.4 Å². The average Bonchev–Trinajstić information content (AvgIpc) is 3.26. The molecule has 2 amide bonds. The first kappa shape index (κ1) is 25.0. The summed E-state index contributed by atoms with van der Waals surface area (Å²) in [6, 6.07) is 16.4. The molecule has 1 heterocycles. The molecule has 180 valence electrons. The van der Waals surface area contributed by atoms with E-state index in [4.69, 9.17) is 13.9 Å². The van der Waals surface area contributed by atoms with Crippen molar-refractivity contribution in [2.45, 2.75) is 20.0 Å². The molecule has 0 fully saturated rings. The number of aryl methyl sites for hydroxylation is 1. The van der Waals surface area contributed by atoms with Crippen molar-refractivity contribution >= 4 is 11.8 Å². The van der Waals surface area contributed by atoms with E-state index in [0.29, 0.717) is 17.1 Å². The van der Waals surface area contributed by atoms with Crippen molar-refractivity contribution < 1.29 is 27.9 Å². The maximum atomic E-state index is 13.4. The highest BCUT2D eigenvalue weighted by atomic mass is 19.1. The molecule has 8 heteroatoms. The van der Waals surface area contributed by atoms with Gasteiger partial charge in [-0.2, -0.15) is 0 Å². The molecule has 34 heavy (non-hydrogen) atoms. The third kappa shape index (κ3) is 6.92. The van der Waals surface area contributed by atoms with Crippen molar-refractivity contribution in [3.8, 4) is 5.75 Å². The SMILES string of the molecule is COCCN(CC(=O)N(Cc1ccc(F)cc1)Cc1ccc(C)o1)C(=O)c1cccc(OC)c1. The highest BCUT2D eigenvalue weighted by Crippen LogP contribution is 2.17. The molecule has 0 radical (unpaired) electrons. The van der Waals surface area contributed by atoms with Gasteiger partial charge in [-0.1, -0.05) is 18.2 Å². The van der Waals surface area contributed by atoms with Crippen molar-refractivity contribution in [2.75, 3.05) is 33.9 Å². The molecule has 0 aliphatic rings. The lowest BCUT2D eigenvalue weighted by molar-refractivity contribution is -0.133. The number of carbonyl (C=O) groups excluding carboxylic acids is 2. The largest absolute Gasteiger partial charge is 0.497 e. The molecule has 0 bridgehead atoms. The minimum Gasteiger partial charge on any atom is -0.497 e. The second-order valence-corrected chi connectivity index (χ2v) is 7.84. The molecule has 3 aromatic rings. The maximum Gasteiger partial charge on any atom is 0.254 e. The number of hydrogen-bond acceptors (Lipinski definition) is 5. The number of amides is 2. The van der Waals surface area contributed by atoms with Crippen molar-refractivity contribution in [3.63, 3.8) is 0 Å². The number of carbonyl (C=O) groups is 2. The van der Waals surface area contributed by atoms with Crippen molar-refractivity contribution in [1.29, 1.82) is 0 Å². The summed E-state index contributed by atoms with van der Waals surface area (Å²) < 4.78 is 29.4. The summed E-state index contributed by atoms with van der Waals surface area (Å²) in [6.45, 7) is 2.65. The van der Waals surface area contributed by atoms with Crippen molar-refractivity contribution in [2.24, 2.45) is 0 Å². The zero-order chi connectivity index (χ0) is 24.5. The third-order valence-electron chi connectivity index (χ3n) is 5.28. The topological polar surface area (TPSA) is 72.2 Å². The van der Waals surface area contributed by atoms with Crippen LogP contribution < -0.4 is 4.74 Å². The molecule has 0 spiro atoms. The van der Waals surface area contributed by atoms with Gasteiger partial charge < -0.3 is 23.7 Å². The molecular formula is C26H29FN2O5. The zero-order valence-electron chi connectivity index (χ0n) is 19.6. The van der Waals surface area contributed by atoms with E-state index >= 15 is 0 Å². The number of nitrogens with zero attached hydrogens (tertiary/aromatic N) is 2. The molecule has 0 saturated carbocycles. The first-order valence-corrected chi connectivity index (χ1v) is 10.9. The molecule has 0 aliphatic heterocycles. The lowest BCUT2D eigenvalue weighted by Gasteiger charge is -2.27. The van der Waals surface area contributed by atoms with E-state index in [1.165, 1.54) is 31.3 Å². The van der Waals surface area contributed by atoms with E-state index in [2.05, 4.69) is 0 Å². The van der Waals surface area contributed by atoms with Gasteiger partial charge in [0.25, 0.3) is 5.91 Å².